The van der Waals surface area contributed by atoms with Gasteiger partial charge in [-0.25, -0.2) is 4.68 Å². The van der Waals surface area contributed by atoms with Crippen LogP contribution in [0.15, 0.2) is 11.2 Å². The summed E-state index contributed by atoms with van der Waals surface area (Å²) >= 11 is 1.72. The minimum Gasteiger partial charge on any atom is -0.249 e. The summed E-state index contributed by atoms with van der Waals surface area (Å²) in [6, 6.07) is 0.411. The van der Waals surface area contributed by atoms with Crippen LogP contribution in [-0.2, 0) is 0 Å². The lowest BCUT2D eigenvalue weighted by Crippen LogP contribution is -2.00. The molecule has 0 aliphatic heterocycles. The van der Waals surface area contributed by atoms with E-state index in [1.54, 1.807) is 11.8 Å². The Balaban J connectivity index is 2.66. The van der Waals surface area contributed by atoms with Gasteiger partial charge in [-0.2, -0.15) is 0 Å². The molecule has 0 fully saturated rings. The molecule has 11 heavy (non-hydrogen) atoms. The molecule has 4 heteroatoms. The highest BCUT2D eigenvalue weighted by atomic mass is 32.2. The molecule has 0 aromatic carbocycles. The first-order valence-electron chi connectivity index (χ1n) is 3.78. The molecule has 0 aliphatic rings. The second-order valence-corrected chi connectivity index (χ2v) is 3.85. The second-order valence-electron chi connectivity index (χ2n) is 2.56. The van der Waals surface area contributed by atoms with Gasteiger partial charge in [0.2, 0.25) is 0 Å². The lowest BCUT2D eigenvalue weighted by molar-refractivity contribution is 0.514. The van der Waals surface area contributed by atoms with E-state index in [1.165, 1.54) is 0 Å². The van der Waals surface area contributed by atoms with Gasteiger partial charge >= 0.3 is 0 Å². The van der Waals surface area contributed by atoms with E-state index in [-0.39, 0.29) is 0 Å². The fourth-order valence-corrected chi connectivity index (χ4v) is 1.30. The zero-order valence-electron chi connectivity index (χ0n) is 7.11. The Morgan fingerprint density at radius 1 is 1.64 bits per heavy atom. The van der Waals surface area contributed by atoms with Crippen LogP contribution in [0.2, 0.25) is 0 Å². The van der Waals surface area contributed by atoms with E-state index in [0.29, 0.717) is 6.04 Å². The predicted octanol–water partition coefficient (Wildman–Crippen LogP) is 1.97. The fraction of sp³-hybridized carbons (Fsp3) is 0.714. The van der Waals surface area contributed by atoms with Crippen molar-refractivity contribution >= 4 is 11.8 Å². The molecule has 1 aromatic heterocycles. The Bertz CT molecular complexity index is 219. The third-order valence-corrected chi connectivity index (χ3v) is 2.08. The van der Waals surface area contributed by atoms with Crippen LogP contribution in [0.25, 0.3) is 0 Å². The normalized spacial score (nSPS) is 10.9. The van der Waals surface area contributed by atoms with Crippen LogP contribution in [0.5, 0.6) is 0 Å². The van der Waals surface area contributed by atoms with E-state index < -0.39 is 0 Å². The molecule has 1 rings (SSSR count). The highest BCUT2D eigenvalue weighted by Crippen LogP contribution is 2.14. The smallest absolute Gasteiger partial charge is 0.138 e. The molecule has 0 aliphatic carbocycles. The van der Waals surface area contributed by atoms with E-state index in [2.05, 4.69) is 31.1 Å². The number of rotatable bonds is 3. The number of hydrogen-bond donors (Lipinski definition) is 0. The van der Waals surface area contributed by atoms with Crippen LogP contribution in [0.1, 0.15) is 26.8 Å². The van der Waals surface area contributed by atoms with Gasteiger partial charge in [-0.05, 0) is 19.6 Å². The lowest BCUT2D eigenvalue weighted by Gasteiger charge is -2.00. The molecule has 1 heterocycles. The summed E-state index contributed by atoms with van der Waals surface area (Å²) in [7, 11) is 0. The summed E-state index contributed by atoms with van der Waals surface area (Å²) in [5.74, 6) is 1.05. The molecule has 0 saturated carbocycles. The summed E-state index contributed by atoms with van der Waals surface area (Å²) in [5, 5.41) is 9.00. The predicted molar refractivity (Wildman–Crippen MR) is 46.8 cm³/mol. The third kappa shape index (κ3) is 2.22. The van der Waals surface area contributed by atoms with E-state index in [1.807, 2.05) is 10.9 Å². The van der Waals surface area contributed by atoms with Crippen molar-refractivity contribution in [2.24, 2.45) is 0 Å². The van der Waals surface area contributed by atoms with Crippen molar-refractivity contribution in [1.82, 2.24) is 15.0 Å². The highest BCUT2D eigenvalue weighted by Gasteiger charge is 2.01. The maximum absolute atomic E-state index is 4.00. The highest BCUT2D eigenvalue weighted by molar-refractivity contribution is 7.99. The van der Waals surface area contributed by atoms with Crippen LogP contribution in [-0.4, -0.2) is 20.7 Å². The topological polar surface area (TPSA) is 30.7 Å². The van der Waals surface area contributed by atoms with Crippen molar-refractivity contribution in [1.29, 1.82) is 0 Å². The molecule has 62 valence electrons. The molecular weight excluding hydrogens is 158 g/mol. The molecule has 0 saturated heterocycles. The number of hydrogen-bond acceptors (Lipinski definition) is 3. The summed E-state index contributed by atoms with van der Waals surface area (Å²) in [6.07, 6.45) is 1.98. The number of nitrogens with zero attached hydrogens (tertiary/aromatic N) is 3. The third-order valence-electron chi connectivity index (χ3n) is 1.31. The van der Waals surface area contributed by atoms with Crippen LogP contribution in [0.4, 0.5) is 0 Å². The second kappa shape index (κ2) is 3.76. The number of thioether (sulfide) groups is 1. The molecule has 0 bridgehead atoms. The van der Waals surface area contributed by atoms with Gasteiger partial charge in [0.15, 0.2) is 0 Å². The van der Waals surface area contributed by atoms with Crippen molar-refractivity contribution in [3.05, 3.63) is 6.20 Å². The first-order valence-corrected chi connectivity index (χ1v) is 4.77. The monoisotopic (exact) mass is 171 g/mol. The average Bonchev–Trinajstić information content (AvgIpc) is 2.37. The van der Waals surface area contributed by atoms with Gasteiger partial charge in [-0.1, -0.05) is 12.1 Å². The zero-order chi connectivity index (χ0) is 8.27. The van der Waals surface area contributed by atoms with Gasteiger partial charge in [0.05, 0.1) is 6.20 Å². The molecule has 0 amide bonds. The molecule has 0 N–H and O–H groups in total. The Hall–Kier alpha value is -0.510. The van der Waals surface area contributed by atoms with Crippen LogP contribution in [0.3, 0.4) is 0 Å². The summed E-state index contributed by atoms with van der Waals surface area (Å²) in [4.78, 5) is 0. The first-order chi connectivity index (χ1) is 5.24. The average molecular weight is 171 g/mol. The van der Waals surface area contributed by atoms with Crippen molar-refractivity contribution in [3.63, 3.8) is 0 Å². The van der Waals surface area contributed by atoms with Crippen LogP contribution < -0.4 is 0 Å². The van der Waals surface area contributed by atoms with Gasteiger partial charge in [0.1, 0.15) is 5.03 Å². The van der Waals surface area contributed by atoms with Gasteiger partial charge in [-0.3, -0.25) is 0 Å². The Morgan fingerprint density at radius 3 is 2.82 bits per heavy atom. The van der Waals surface area contributed by atoms with E-state index in [0.717, 1.165) is 10.8 Å². The molecule has 0 spiro atoms. The Labute approximate surface area is 71.2 Å². The quantitative estimate of drug-likeness (QED) is 0.651. The van der Waals surface area contributed by atoms with E-state index in [4.69, 9.17) is 0 Å². The largest absolute Gasteiger partial charge is 0.249 e. The SMILES string of the molecule is CCSc1cn(C(C)C)nn1. The van der Waals surface area contributed by atoms with Crippen molar-refractivity contribution in [2.75, 3.05) is 5.75 Å². The molecule has 0 radical (unpaired) electrons. The maximum atomic E-state index is 4.00. The van der Waals surface area contributed by atoms with Gasteiger partial charge in [0.25, 0.3) is 0 Å². The van der Waals surface area contributed by atoms with Crippen LogP contribution in [0, 0.1) is 0 Å². The number of aromatic nitrogens is 3. The first kappa shape index (κ1) is 8.59. The lowest BCUT2D eigenvalue weighted by atomic mass is 10.4. The summed E-state index contributed by atoms with van der Waals surface area (Å²) in [5.41, 5.74) is 0. The fourth-order valence-electron chi connectivity index (χ4n) is 0.727. The van der Waals surface area contributed by atoms with Crippen molar-refractivity contribution < 1.29 is 0 Å². The minimum absolute atomic E-state index is 0.411. The molecule has 0 atom stereocenters. The standard InChI is InChI=1S/C7H13N3S/c1-4-11-7-5-10(6(2)3)9-8-7/h5-6H,4H2,1-3H3. The van der Waals surface area contributed by atoms with Crippen molar-refractivity contribution in [2.45, 2.75) is 31.8 Å². The summed E-state index contributed by atoms with van der Waals surface area (Å²) < 4.78 is 1.87. The van der Waals surface area contributed by atoms with Crippen LogP contribution >= 0.6 is 11.8 Å². The zero-order valence-corrected chi connectivity index (χ0v) is 7.93. The van der Waals surface area contributed by atoms with Gasteiger partial charge < -0.3 is 0 Å². The summed E-state index contributed by atoms with van der Waals surface area (Å²) in [6.45, 7) is 6.29. The molecule has 3 nitrogen and oxygen atoms in total. The van der Waals surface area contributed by atoms with Gasteiger partial charge in [-0.15, -0.1) is 16.9 Å². The van der Waals surface area contributed by atoms with E-state index >= 15 is 0 Å². The maximum Gasteiger partial charge on any atom is 0.138 e. The molecular formula is C7H13N3S. The molecule has 0 unspecified atom stereocenters. The molecule has 1 aromatic rings. The van der Waals surface area contributed by atoms with Gasteiger partial charge in [0, 0.05) is 6.04 Å². The Kier molecular flexibility index (Phi) is 2.93. The van der Waals surface area contributed by atoms with Crippen molar-refractivity contribution in [3.8, 4) is 0 Å². The minimum atomic E-state index is 0.411. The Morgan fingerprint density at radius 2 is 2.36 bits per heavy atom. The van der Waals surface area contributed by atoms with E-state index in [9.17, 15) is 0 Å².